The number of hydrogen-bond acceptors (Lipinski definition) is 6. The maximum atomic E-state index is 12.0. The number of carbonyl (C=O) groups excluding carboxylic acids is 1. The fourth-order valence-corrected chi connectivity index (χ4v) is 3.16. The van der Waals surface area contributed by atoms with Gasteiger partial charge in [0.2, 0.25) is 5.41 Å². The van der Waals surface area contributed by atoms with Crippen LogP contribution in [-0.2, 0) is 4.74 Å². The van der Waals surface area contributed by atoms with Crippen LogP contribution in [0.4, 0.5) is 4.79 Å². The van der Waals surface area contributed by atoms with E-state index in [-0.39, 0.29) is 0 Å². The number of amides is 1. The summed E-state index contributed by atoms with van der Waals surface area (Å²) in [6.07, 6.45) is 3.72. The van der Waals surface area contributed by atoms with Crippen molar-refractivity contribution in [2.75, 3.05) is 7.11 Å². The summed E-state index contributed by atoms with van der Waals surface area (Å²) >= 11 is 0. The Bertz CT molecular complexity index is 725. The summed E-state index contributed by atoms with van der Waals surface area (Å²) in [5, 5.41) is 38.5. The molecule has 2 heterocycles. The van der Waals surface area contributed by atoms with Gasteiger partial charge in [-0.25, -0.2) is 4.79 Å². The van der Waals surface area contributed by atoms with Crippen LogP contribution in [0.3, 0.4) is 0 Å². The van der Waals surface area contributed by atoms with Gasteiger partial charge in [0.1, 0.15) is 0 Å². The summed E-state index contributed by atoms with van der Waals surface area (Å²) in [5.74, 6) is -0.771. The molecule has 2 atom stereocenters. The molecule has 0 aromatic carbocycles. The first-order valence-corrected chi connectivity index (χ1v) is 6.36. The number of nitriles is 4. The molecule has 0 spiro atoms. The number of fused-ring (bicyclic) bond motifs is 2. The van der Waals surface area contributed by atoms with Crippen molar-refractivity contribution in [2.24, 2.45) is 16.7 Å². The minimum atomic E-state index is -2.02. The van der Waals surface area contributed by atoms with Gasteiger partial charge in [0.25, 0.3) is 0 Å². The van der Waals surface area contributed by atoms with Crippen LogP contribution in [0.1, 0.15) is 6.92 Å². The molecule has 0 radical (unpaired) electrons. The van der Waals surface area contributed by atoms with Gasteiger partial charge >= 0.3 is 6.09 Å². The molecule has 3 aliphatic rings. The first-order chi connectivity index (χ1) is 10.5. The lowest BCUT2D eigenvalue weighted by molar-refractivity contribution is 0.0958. The fraction of sp³-hybridized carbons (Fsp3) is 0.400. The molecule has 0 N–H and O–H groups in total. The molecular formula is C15H11N5O2. The number of ether oxygens (including phenoxy) is 1. The molecule has 0 unspecified atom stereocenters. The average molecular weight is 293 g/mol. The standard InChI is InChI=1S/C15H11N5O2/c1-10-5-11-3-4-20(13(21)22-2)12(10)15(8-18,9-19)14(11,6-16)7-17/h3-5,11-12H,1-2H3/t11-,12-/m1/s1. The van der Waals surface area contributed by atoms with Crippen molar-refractivity contribution in [3.8, 4) is 24.3 Å². The number of allylic oxidation sites excluding steroid dienone is 2. The Kier molecular flexibility index (Phi) is 3.38. The summed E-state index contributed by atoms with van der Waals surface area (Å²) in [7, 11) is 1.18. The molecule has 7 heteroatoms. The van der Waals surface area contributed by atoms with E-state index in [4.69, 9.17) is 0 Å². The number of methoxy groups -OCH3 is 1. The minimum Gasteiger partial charge on any atom is -0.452 e. The molecule has 0 saturated heterocycles. The SMILES string of the molecule is COC(=O)N1C=C[C@@H]2C=C(C)[C@@H]1C(C#N)(C#N)C2(C#N)C#N. The molecule has 1 amide bonds. The van der Waals surface area contributed by atoms with Crippen LogP contribution >= 0.6 is 0 Å². The molecule has 0 aromatic heterocycles. The van der Waals surface area contributed by atoms with E-state index >= 15 is 0 Å². The topological polar surface area (TPSA) is 125 Å². The van der Waals surface area contributed by atoms with Crippen molar-refractivity contribution in [2.45, 2.75) is 13.0 Å². The summed E-state index contributed by atoms with van der Waals surface area (Å²) in [6, 6.07) is 6.30. The minimum absolute atomic E-state index is 0.560. The van der Waals surface area contributed by atoms with E-state index in [0.717, 1.165) is 4.90 Å². The second-order valence-corrected chi connectivity index (χ2v) is 5.12. The van der Waals surface area contributed by atoms with Gasteiger partial charge in [0.15, 0.2) is 5.41 Å². The Morgan fingerprint density at radius 3 is 2.18 bits per heavy atom. The van der Waals surface area contributed by atoms with E-state index in [1.165, 1.54) is 19.4 Å². The molecule has 7 nitrogen and oxygen atoms in total. The zero-order valence-corrected chi connectivity index (χ0v) is 11.9. The van der Waals surface area contributed by atoms with Gasteiger partial charge in [-0.15, -0.1) is 0 Å². The van der Waals surface area contributed by atoms with Crippen LogP contribution in [0.2, 0.25) is 0 Å². The quantitative estimate of drug-likeness (QED) is 0.624. The lowest BCUT2D eigenvalue weighted by Gasteiger charge is -2.44. The van der Waals surface area contributed by atoms with Crippen LogP contribution in [0.15, 0.2) is 23.9 Å². The fourth-order valence-electron chi connectivity index (χ4n) is 3.16. The molecular weight excluding hydrogens is 282 g/mol. The molecule has 22 heavy (non-hydrogen) atoms. The third-order valence-electron chi connectivity index (χ3n) is 4.23. The Morgan fingerprint density at radius 1 is 1.18 bits per heavy atom. The maximum Gasteiger partial charge on any atom is 0.414 e. The van der Waals surface area contributed by atoms with E-state index in [0.29, 0.717) is 5.57 Å². The second kappa shape index (κ2) is 4.92. The first-order valence-electron chi connectivity index (χ1n) is 6.36. The number of rotatable bonds is 0. The molecule has 0 saturated carbocycles. The zero-order chi connectivity index (χ0) is 16.5. The van der Waals surface area contributed by atoms with Gasteiger partial charge in [-0.05, 0) is 6.92 Å². The van der Waals surface area contributed by atoms with Crippen LogP contribution in [0.5, 0.6) is 0 Å². The highest BCUT2D eigenvalue weighted by atomic mass is 16.5. The Hall–Kier alpha value is -3.29. The van der Waals surface area contributed by atoms with E-state index in [1.54, 1.807) is 13.0 Å². The summed E-state index contributed by atoms with van der Waals surface area (Å²) in [4.78, 5) is 13.1. The van der Waals surface area contributed by atoms with Crippen LogP contribution < -0.4 is 0 Å². The molecule has 3 rings (SSSR count). The van der Waals surface area contributed by atoms with E-state index in [2.05, 4.69) is 4.74 Å². The van der Waals surface area contributed by atoms with Gasteiger partial charge < -0.3 is 4.74 Å². The van der Waals surface area contributed by atoms with Crippen LogP contribution in [-0.4, -0.2) is 24.1 Å². The van der Waals surface area contributed by atoms with Crippen molar-refractivity contribution in [3.63, 3.8) is 0 Å². The predicted molar refractivity (Wildman–Crippen MR) is 71.7 cm³/mol. The third kappa shape index (κ3) is 1.48. The lowest BCUT2D eigenvalue weighted by atomic mass is 9.53. The molecule has 0 fully saturated rings. The molecule has 108 valence electrons. The van der Waals surface area contributed by atoms with E-state index < -0.39 is 28.9 Å². The highest BCUT2D eigenvalue weighted by Gasteiger charge is 2.67. The highest BCUT2D eigenvalue weighted by molar-refractivity contribution is 5.71. The lowest BCUT2D eigenvalue weighted by Crippen LogP contribution is -2.58. The number of nitrogens with zero attached hydrogens (tertiary/aromatic N) is 5. The van der Waals surface area contributed by atoms with Crippen molar-refractivity contribution in [1.29, 1.82) is 21.0 Å². The maximum absolute atomic E-state index is 12.0. The third-order valence-corrected chi connectivity index (χ3v) is 4.23. The monoisotopic (exact) mass is 293 g/mol. The summed E-state index contributed by atoms with van der Waals surface area (Å²) in [6.45, 7) is 1.66. The molecule has 1 aliphatic carbocycles. The van der Waals surface area contributed by atoms with E-state index in [1.807, 2.05) is 24.3 Å². The smallest absolute Gasteiger partial charge is 0.414 e. The van der Waals surface area contributed by atoms with Gasteiger partial charge in [0, 0.05) is 12.1 Å². The van der Waals surface area contributed by atoms with Gasteiger partial charge in [-0.1, -0.05) is 17.7 Å². The van der Waals surface area contributed by atoms with Gasteiger partial charge in [-0.3, -0.25) is 4.90 Å². The molecule has 0 aromatic rings. The Morgan fingerprint density at radius 2 is 1.73 bits per heavy atom. The van der Waals surface area contributed by atoms with Gasteiger partial charge in [-0.2, -0.15) is 21.0 Å². The van der Waals surface area contributed by atoms with Gasteiger partial charge in [0.05, 0.1) is 37.4 Å². The largest absolute Gasteiger partial charge is 0.452 e. The second-order valence-electron chi connectivity index (χ2n) is 5.12. The Labute approximate surface area is 127 Å². The Balaban J connectivity index is 2.86. The predicted octanol–water partition coefficient (Wildman–Crippen LogP) is 1.59. The van der Waals surface area contributed by atoms with Crippen molar-refractivity contribution in [1.82, 2.24) is 4.90 Å². The van der Waals surface area contributed by atoms with Crippen LogP contribution in [0, 0.1) is 62.1 Å². The number of carbonyl (C=O) groups is 1. The first kappa shape index (κ1) is 15.1. The summed E-state index contributed by atoms with van der Waals surface area (Å²) in [5.41, 5.74) is -3.36. The normalized spacial score (nSPS) is 26.5. The average Bonchev–Trinajstić information content (AvgIpc) is 2.79. The zero-order valence-electron chi connectivity index (χ0n) is 11.9. The molecule has 2 bridgehead atoms. The van der Waals surface area contributed by atoms with Crippen molar-refractivity contribution in [3.05, 3.63) is 23.9 Å². The number of hydrogen-bond donors (Lipinski definition) is 0. The van der Waals surface area contributed by atoms with Crippen molar-refractivity contribution < 1.29 is 9.53 Å². The summed E-state index contributed by atoms with van der Waals surface area (Å²) < 4.78 is 4.69. The van der Waals surface area contributed by atoms with E-state index in [9.17, 15) is 25.8 Å². The van der Waals surface area contributed by atoms with Crippen molar-refractivity contribution >= 4 is 6.09 Å². The van der Waals surface area contributed by atoms with Crippen LogP contribution in [0.25, 0.3) is 0 Å². The molecule has 2 aliphatic heterocycles. The highest BCUT2D eigenvalue weighted by Crippen LogP contribution is 2.55.